The molecule has 1 heterocycles. The molecule has 3 aromatic rings. The molecule has 0 aliphatic rings. The summed E-state index contributed by atoms with van der Waals surface area (Å²) in [5.74, 6) is 0. The van der Waals surface area contributed by atoms with E-state index in [1.165, 1.54) is 4.68 Å². The highest BCUT2D eigenvalue weighted by molar-refractivity contribution is 5.81. The van der Waals surface area contributed by atoms with Crippen molar-refractivity contribution in [2.75, 3.05) is 0 Å². The van der Waals surface area contributed by atoms with Crippen molar-refractivity contribution in [2.24, 2.45) is 0 Å². The minimum absolute atomic E-state index is 0.0811. The highest BCUT2D eigenvalue weighted by Gasteiger charge is 2.05. The molecule has 0 fully saturated rings. The second-order valence-electron chi connectivity index (χ2n) is 4.29. The van der Waals surface area contributed by atoms with Gasteiger partial charge in [-0.05, 0) is 25.1 Å². The van der Waals surface area contributed by atoms with Crippen LogP contribution < -0.4 is 5.56 Å². The van der Waals surface area contributed by atoms with Crippen molar-refractivity contribution < 1.29 is 0 Å². The van der Waals surface area contributed by atoms with Gasteiger partial charge < -0.3 is 0 Å². The van der Waals surface area contributed by atoms with Gasteiger partial charge in [0.05, 0.1) is 17.3 Å². The summed E-state index contributed by atoms with van der Waals surface area (Å²) in [5, 5.41) is 5.79. The molecule has 2 aromatic carbocycles. The quantitative estimate of drug-likeness (QED) is 0.651. The van der Waals surface area contributed by atoms with E-state index < -0.39 is 0 Å². The van der Waals surface area contributed by atoms with Crippen LogP contribution in [0.5, 0.6) is 0 Å². The van der Waals surface area contributed by atoms with Crippen molar-refractivity contribution in [3.05, 3.63) is 70.6 Å². The van der Waals surface area contributed by atoms with Gasteiger partial charge in [-0.25, -0.2) is 0 Å². The Balaban J connectivity index is 2.33. The Kier molecular flexibility index (Phi) is 2.45. The Morgan fingerprint density at radius 3 is 2.61 bits per heavy atom. The zero-order valence-electron chi connectivity index (χ0n) is 10.00. The van der Waals surface area contributed by atoms with Crippen LogP contribution in [0.15, 0.2) is 59.5 Å². The summed E-state index contributed by atoms with van der Waals surface area (Å²) in [6, 6.07) is 15.3. The molecule has 3 nitrogen and oxygen atoms in total. The zero-order chi connectivity index (χ0) is 12.5. The molecule has 0 radical (unpaired) electrons. The molecular weight excluding hydrogens is 224 g/mol. The number of benzene rings is 2. The summed E-state index contributed by atoms with van der Waals surface area (Å²) in [7, 11) is 0. The lowest BCUT2D eigenvalue weighted by Crippen LogP contribution is -2.20. The number of aromatic nitrogens is 2. The number of rotatable bonds is 1. The first-order valence-corrected chi connectivity index (χ1v) is 5.80. The molecule has 0 aliphatic carbocycles. The maximum absolute atomic E-state index is 12.4. The van der Waals surface area contributed by atoms with Crippen LogP contribution in [0.3, 0.4) is 0 Å². The van der Waals surface area contributed by atoms with E-state index in [0.29, 0.717) is 5.39 Å². The van der Waals surface area contributed by atoms with Crippen LogP contribution in [0, 0.1) is 6.92 Å². The largest absolute Gasteiger partial charge is 0.279 e. The van der Waals surface area contributed by atoms with E-state index in [-0.39, 0.29) is 5.56 Å². The van der Waals surface area contributed by atoms with Crippen molar-refractivity contribution in [1.82, 2.24) is 9.78 Å². The third-order valence-corrected chi connectivity index (χ3v) is 2.94. The summed E-state index contributed by atoms with van der Waals surface area (Å²) < 4.78 is 1.43. The molecule has 0 aliphatic heterocycles. The highest BCUT2D eigenvalue weighted by Crippen LogP contribution is 2.12. The van der Waals surface area contributed by atoms with Gasteiger partial charge in [0.25, 0.3) is 5.56 Å². The minimum Gasteiger partial charge on any atom is -0.267 e. The molecule has 3 heteroatoms. The third-order valence-electron chi connectivity index (χ3n) is 2.94. The van der Waals surface area contributed by atoms with Gasteiger partial charge in [-0.1, -0.05) is 35.9 Å². The molecule has 18 heavy (non-hydrogen) atoms. The summed E-state index contributed by atoms with van der Waals surface area (Å²) in [6.07, 6.45) is 1.73. The smallest absolute Gasteiger partial charge is 0.267 e. The summed E-state index contributed by atoms with van der Waals surface area (Å²) in [5.41, 5.74) is 1.78. The summed E-state index contributed by atoms with van der Waals surface area (Å²) >= 11 is 0. The maximum Gasteiger partial charge on any atom is 0.279 e. The molecule has 0 bridgehead atoms. The minimum atomic E-state index is -0.0811. The second-order valence-corrected chi connectivity index (χ2v) is 4.29. The predicted octanol–water partition coefficient (Wildman–Crippen LogP) is 2.69. The van der Waals surface area contributed by atoms with Crippen molar-refractivity contribution in [3.63, 3.8) is 0 Å². The van der Waals surface area contributed by atoms with Gasteiger partial charge in [0, 0.05) is 5.39 Å². The van der Waals surface area contributed by atoms with Crippen molar-refractivity contribution >= 4 is 10.8 Å². The molecule has 0 atom stereocenters. The lowest BCUT2D eigenvalue weighted by atomic mass is 10.1. The highest BCUT2D eigenvalue weighted by atomic mass is 16.1. The molecule has 0 amide bonds. The van der Waals surface area contributed by atoms with E-state index in [4.69, 9.17) is 0 Å². The van der Waals surface area contributed by atoms with Gasteiger partial charge in [-0.15, -0.1) is 0 Å². The van der Waals surface area contributed by atoms with Crippen LogP contribution in [-0.4, -0.2) is 9.78 Å². The van der Waals surface area contributed by atoms with Crippen molar-refractivity contribution in [1.29, 1.82) is 0 Å². The normalized spacial score (nSPS) is 10.7. The average molecular weight is 236 g/mol. The SMILES string of the molecule is Cc1ccc2cnn(-c3ccccc3)c(=O)c2c1. The Labute approximate surface area is 104 Å². The van der Waals surface area contributed by atoms with Crippen LogP contribution in [0.4, 0.5) is 0 Å². The first-order chi connectivity index (χ1) is 8.75. The van der Waals surface area contributed by atoms with E-state index in [1.54, 1.807) is 6.20 Å². The monoisotopic (exact) mass is 236 g/mol. The Morgan fingerprint density at radius 2 is 1.83 bits per heavy atom. The molecule has 0 spiro atoms. The standard InChI is InChI=1S/C15H12N2O/c1-11-7-8-12-10-16-17(15(18)14(12)9-11)13-5-3-2-4-6-13/h2-10H,1H3. The number of aryl methyl sites for hydroxylation is 1. The fourth-order valence-electron chi connectivity index (χ4n) is 2.01. The number of para-hydroxylation sites is 1. The van der Waals surface area contributed by atoms with Crippen LogP contribution in [0.25, 0.3) is 16.5 Å². The van der Waals surface area contributed by atoms with Gasteiger partial charge in [0.2, 0.25) is 0 Å². The number of hydrogen-bond acceptors (Lipinski definition) is 2. The molecular formula is C15H12N2O. The maximum atomic E-state index is 12.4. The third kappa shape index (κ3) is 1.70. The van der Waals surface area contributed by atoms with Crippen LogP contribution in [-0.2, 0) is 0 Å². The van der Waals surface area contributed by atoms with E-state index in [2.05, 4.69) is 5.10 Å². The van der Waals surface area contributed by atoms with E-state index in [1.807, 2.05) is 55.5 Å². The van der Waals surface area contributed by atoms with Gasteiger partial charge in [0.15, 0.2) is 0 Å². The van der Waals surface area contributed by atoms with Crippen LogP contribution >= 0.6 is 0 Å². The van der Waals surface area contributed by atoms with E-state index in [9.17, 15) is 4.79 Å². The summed E-state index contributed by atoms with van der Waals surface area (Å²) in [4.78, 5) is 12.4. The number of hydrogen-bond donors (Lipinski definition) is 0. The first-order valence-electron chi connectivity index (χ1n) is 5.80. The van der Waals surface area contributed by atoms with E-state index in [0.717, 1.165) is 16.6 Å². The molecule has 3 rings (SSSR count). The lowest BCUT2D eigenvalue weighted by molar-refractivity contribution is 0.821. The molecule has 0 saturated carbocycles. The average Bonchev–Trinajstić information content (AvgIpc) is 2.41. The predicted molar refractivity (Wildman–Crippen MR) is 72.1 cm³/mol. The fraction of sp³-hybridized carbons (Fsp3) is 0.0667. The topological polar surface area (TPSA) is 34.9 Å². The van der Waals surface area contributed by atoms with E-state index >= 15 is 0 Å². The Bertz CT molecular complexity index is 760. The number of nitrogens with zero attached hydrogens (tertiary/aromatic N) is 2. The Hall–Kier alpha value is -2.42. The van der Waals surface area contributed by atoms with Crippen LogP contribution in [0.1, 0.15) is 5.56 Å². The fourth-order valence-corrected chi connectivity index (χ4v) is 2.01. The zero-order valence-corrected chi connectivity index (χ0v) is 10.00. The van der Waals surface area contributed by atoms with Crippen molar-refractivity contribution in [3.8, 4) is 5.69 Å². The van der Waals surface area contributed by atoms with Crippen molar-refractivity contribution in [2.45, 2.75) is 6.92 Å². The molecule has 88 valence electrons. The lowest BCUT2D eigenvalue weighted by Gasteiger charge is -2.05. The van der Waals surface area contributed by atoms with Gasteiger partial charge in [-0.2, -0.15) is 9.78 Å². The molecule has 1 aromatic heterocycles. The number of fused-ring (bicyclic) bond motifs is 1. The van der Waals surface area contributed by atoms with Gasteiger partial charge >= 0.3 is 0 Å². The molecule has 0 unspecified atom stereocenters. The van der Waals surface area contributed by atoms with Crippen LogP contribution in [0.2, 0.25) is 0 Å². The molecule has 0 N–H and O–H groups in total. The van der Waals surface area contributed by atoms with Gasteiger partial charge in [0.1, 0.15) is 0 Å². The van der Waals surface area contributed by atoms with Gasteiger partial charge in [-0.3, -0.25) is 4.79 Å². The Morgan fingerprint density at radius 1 is 1.06 bits per heavy atom. The summed E-state index contributed by atoms with van der Waals surface area (Å²) in [6.45, 7) is 1.98. The second kappa shape index (κ2) is 4.11. The first kappa shape index (κ1) is 10.7. The molecule has 0 saturated heterocycles.